The van der Waals surface area contributed by atoms with Crippen LogP contribution in [0.5, 0.6) is 0 Å². The lowest BCUT2D eigenvalue weighted by Crippen LogP contribution is -2.15. The molecule has 0 radical (unpaired) electrons. The molecule has 0 atom stereocenters. The standard InChI is InChI=1S/C11H6ClFO3S/c1-4-2-5(12)3-6-7(4)9(14)8(11(15)17)10(13)16-6/h2-3H,1H3,(H,15,17). The third-order valence-corrected chi connectivity index (χ3v) is 2.77. The highest BCUT2D eigenvalue weighted by Crippen LogP contribution is 2.23. The van der Waals surface area contributed by atoms with E-state index in [0.29, 0.717) is 10.6 Å². The average Bonchev–Trinajstić information content (AvgIpc) is 2.13. The first-order valence-corrected chi connectivity index (χ1v) is 5.40. The molecular weight excluding hydrogens is 267 g/mol. The topological polar surface area (TPSA) is 47.3 Å². The summed E-state index contributed by atoms with van der Waals surface area (Å²) < 4.78 is 18.2. The molecule has 0 aliphatic heterocycles. The molecule has 88 valence electrons. The van der Waals surface area contributed by atoms with Gasteiger partial charge < -0.3 is 4.42 Å². The van der Waals surface area contributed by atoms with Crippen LogP contribution < -0.4 is 5.43 Å². The first kappa shape index (κ1) is 12.1. The van der Waals surface area contributed by atoms with E-state index in [4.69, 9.17) is 16.0 Å². The summed E-state index contributed by atoms with van der Waals surface area (Å²) >= 11 is 9.21. The van der Waals surface area contributed by atoms with Crippen molar-refractivity contribution in [1.29, 1.82) is 0 Å². The minimum Gasteiger partial charge on any atom is -0.430 e. The van der Waals surface area contributed by atoms with E-state index < -0.39 is 22.1 Å². The quantitative estimate of drug-likeness (QED) is 0.812. The Morgan fingerprint density at radius 1 is 1.47 bits per heavy atom. The highest BCUT2D eigenvalue weighted by Gasteiger charge is 2.20. The molecule has 0 saturated heterocycles. The zero-order valence-corrected chi connectivity index (χ0v) is 10.2. The molecule has 0 bridgehead atoms. The largest absolute Gasteiger partial charge is 0.430 e. The first-order chi connectivity index (χ1) is 7.91. The molecule has 2 aromatic rings. The van der Waals surface area contributed by atoms with Crippen LogP contribution in [-0.4, -0.2) is 5.12 Å². The molecule has 0 fully saturated rings. The lowest BCUT2D eigenvalue weighted by molar-refractivity contribution is 0.108. The number of rotatable bonds is 1. The fourth-order valence-electron chi connectivity index (χ4n) is 1.63. The minimum atomic E-state index is -1.25. The molecule has 1 aromatic heterocycles. The molecule has 0 spiro atoms. The van der Waals surface area contributed by atoms with Gasteiger partial charge >= 0.3 is 0 Å². The van der Waals surface area contributed by atoms with E-state index in [2.05, 4.69) is 12.6 Å². The molecule has 0 saturated carbocycles. The van der Waals surface area contributed by atoms with Crippen molar-refractivity contribution in [3.05, 3.63) is 44.5 Å². The van der Waals surface area contributed by atoms with Crippen LogP contribution in [-0.2, 0) is 0 Å². The van der Waals surface area contributed by atoms with Crippen molar-refractivity contribution >= 4 is 40.3 Å². The zero-order chi connectivity index (χ0) is 12.7. The molecule has 1 aromatic carbocycles. The number of carbonyl (C=O) groups is 1. The predicted molar refractivity (Wildman–Crippen MR) is 65.5 cm³/mol. The van der Waals surface area contributed by atoms with E-state index in [-0.39, 0.29) is 11.0 Å². The highest BCUT2D eigenvalue weighted by molar-refractivity contribution is 7.97. The Kier molecular flexibility index (Phi) is 2.97. The number of hydrogen-bond donors (Lipinski definition) is 1. The molecule has 2 rings (SSSR count). The van der Waals surface area contributed by atoms with Gasteiger partial charge in [-0.15, -0.1) is 0 Å². The van der Waals surface area contributed by atoms with Crippen molar-refractivity contribution in [3.63, 3.8) is 0 Å². The van der Waals surface area contributed by atoms with Crippen molar-refractivity contribution in [3.8, 4) is 0 Å². The maximum absolute atomic E-state index is 13.4. The Labute approximate surface area is 106 Å². The zero-order valence-electron chi connectivity index (χ0n) is 8.58. The van der Waals surface area contributed by atoms with Gasteiger partial charge in [-0.1, -0.05) is 24.2 Å². The molecule has 0 unspecified atom stereocenters. The van der Waals surface area contributed by atoms with Crippen LogP contribution in [0.25, 0.3) is 11.0 Å². The maximum Gasteiger partial charge on any atom is 0.294 e. The Balaban J connectivity index is 3.03. The lowest BCUT2D eigenvalue weighted by atomic mass is 10.1. The second-order valence-corrected chi connectivity index (χ2v) is 4.32. The number of aryl methyl sites for hydroxylation is 1. The SMILES string of the molecule is Cc1cc(Cl)cc2oc(F)c(C(=O)S)c(=O)c12. The van der Waals surface area contributed by atoms with Gasteiger partial charge in [0.25, 0.3) is 6.01 Å². The monoisotopic (exact) mass is 272 g/mol. The van der Waals surface area contributed by atoms with E-state index in [1.165, 1.54) is 12.1 Å². The molecule has 0 N–H and O–H groups in total. The maximum atomic E-state index is 13.4. The van der Waals surface area contributed by atoms with Gasteiger partial charge in [0.05, 0.1) is 5.39 Å². The summed E-state index contributed by atoms with van der Waals surface area (Å²) in [6.07, 6.45) is 0. The van der Waals surface area contributed by atoms with Gasteiger partial charge in [0.15, 0.2) is 0 Å². The van der Waals surface area contributed by atoms with Crippen molar-refractivity contribution in [2.75, 3.05) is 0 Å². The van der Waals surface area contributed by atoms with E-state index >= 15 is 0 Å². The summed E-state index contributed by atoms with van der Waals surface area (Å²) in [7, 11) is 0. The number of halogens is 2. The lowest BCUT2D eigenvalue weighted by Gasteiger charge is -2.04. The van der Waals surface area contributed by atoms with Crippen LogP contribution in [0.3, 0.4) is 0 Å². The molecule has 17 heavy (non-hydrogen) atoms. The predicted octanol–water partition coefficient (Wildman–Crippen LogP) is 2.96. The van der Waals surface area contributed by atoms with Crippen LogP contribution in [0.15, 0.2) is 21.3 Å². The molecule has 3 nitrogen and oxygen atoms in total. The van der Waals surface area contributed by atoms with Gasteiger partial charge in [-0.05, 0) is 18.6 Å². The van der Waals surface area contributed by atoms with Crippen LogP contribution in [0.1, 0.15) is 15.9 Å². The van der Waals surface area contributed by atoms with Gasteiger partial charge in [-0.3, -0.25) is 9.59 Å². The van der Waals surface area contributed by atoms with Crippen LogP contribution in [0, 0.1) is 12.9 Å². The number of hydrogen-bond acceptors (Lipinski definition) is 3. The number of benzene rings is 1. The van der Waals surface area contributed by atoms with Crippen LogP contribution >= 0.6 is 24.2 Å². The Morgan fingerprint density at radius 3 is 2.71 bits per heavy atom. The Hall–Kier alpha value is -1.33. The number of carbonyl (C=O) groups excluding carboxylic acids is 1. The van der Waals surface area contributed by atoms with Gasteiger partial charge in [0, 0.05) is 11.1 Å². The second kappa shape index (κ2) is 4.16. The van der Waals surface area contributed by atoms with Crippen molar-refractivity contribution < 1.29 is 13.6 Å². The van der Waals surface area contributed by atoms with E-state index in [0.717, 1.165) is 0 Å². The summed E-state index contributed by atoms with van der Waals surface area (Å²) in [6.45, 7) is 1.62. The molecule has 0 aliphatic rings. The fourth-order valence-corrected chi connectivity index (χ4v) is 2.08. The molecule has 0 aliphatic carbocycles. The average molecular weight is 273 g/mol. The summed E-state index contributed by atoms with van der Waals surface area (Å²) in [5, 5.41) is -0.511. The normalized spacial score (nSPS) is 10.8. The number of fused-ring (bicyclic) bond motifs is 1. The van der Waals surface area contributed by atoms with Gasteiger partial charge in [-0.25, -0.2) is 0 Å². The third-order valence-electron chi connectivity index (χ3n) is 2.33. The van der Waals surface area contributed by atoms with Crippen molar-refractivity contribution in [2.24, 2.45) is 0 Å². The Morgan fingerprint density at radius 2 is 2.12 bits per heavy atom. The van der Waals surface area contributed by atoms with Crippen LogP contribution in [0.4, 0.5) is 4.39 Å². The number of thiol groups is 1. The van der Waals surface area contributed by atoms with Gasteiger partial charge in [0.1, 0.15) is 11.1 Å². The summed E-state index contributed by atoms with van der Waals surface area (Å²) in [6, 6.07) is 1.61. The molecule has 1 heterocycles. The second-order valence-electron chi connectivity index (χ2n) is 3.48. The summed E-state index contributed by atoms with van der Waals surface area (Å²) in [5.74, 6) is 0. The molecule has 0 amide bonds. The summed E-state index contributed by atoms with van der Waals surface area (Å²) in [4.78, 5) is 23.0. The van der Waals surface area contributed by atoms with Gasteiger partial charge in [0.2, 0.25) is 10.5 Å². The fraction of sp³-hybridized carbons (Fsp3) is 0.0909. The van der Waals surface area contributed by atoms with E-state index in [1.54, 1.807) is 6.92 Å². The first-order valence-electron chi connectivity index (χ1n) is 4.57. The van der Waals surface area contributed by atoms with Crippen molar-refractivity contribution in [1.82, 2.24) is 0 Å². The molecule has 6 heteroatoms. The van der Waals surface area contributed by atoms with Crippen molar-refractivity contribution in [2.45, 2.75) is 6.92 Å². The highest BCUT2D eigenvalue weighted by atomic mass is 35.5. The minimum absolute atomic E-state index is 0.0100. The third kappa shape index (κ3) is 1.96. The van der Waals surface area contributed by atoms with Crippen LogP contribution in [0.2, 0.25) is 5.02 Å². The summed E-state index contributed by atoms with van der Waals surface area (Å²) in [5.41, 5.74) is -0.905. The Bertz CT molecular complexity index is 693. The van der Waals surface area contributed by atoms with E-state index in [1.807, 2.05) is 0 Å². The molecular formula is C11H6ClFO3S. The van der Waals surface area contributed by atoms with Gasteiger partial charge in [-0.2, -0.15) is 4.39 Å². The van der Waals surface area contributed by atoms with E-state index in [9.17, 15) is 14.0 Å². The smallest absolute Gasteiger partial charge is 0.294 e.